The van der Waals surface area contributed by atoms with Gasteiger partial charge in [-0.1, -0.05) is 60.7 Å². The third kappa shape index (κ3) is 4.68. The Balaban J connectivity index is 1.68. The number of rotatable bonds is 6. The van der Waals surface area contributed by atoms with Crippen molar-refractivity contribution in [1.82, 2.24) is 5.32 Å². The van der Waals surface area contributed by atoms with Crippen molar-refractivity contribution >= 4 is 5.91 Å². The summed E-state index contributed by atoms with van der Waals surface area (Å²) in [6.07, 6.45) is 1.55. The van der Waals surface area contributed by atoms with E-state index in [0.29, 0.717) is 32.6 Å². The van der Waals surface area contributed by atoms with Gasteiger partial charge in [0.1, 0.15) is 5.60 Å². The summed E-state index contributed by atoms with van der Waals surface area (Å²) in [5.41, 5.74) is 1.12. The molecule has 2 aromatic carbocycles. The largest absolute Gasteiger partial charge is 0.381 e. The third-order valence-corrected chi connectivity index (χ3v) is 4.85. The molecule has 1 aliphatic heterocycles. The molecule has 1 unspecified atom stereocenters. The van der Waals surface area contributed by atoms with Crippen LogP contribution in [0.5, 0.6) is 0 Å². The van der Waals surface area contributed by atoms with E-state index < -0.39 is 5.60 Å². The van der Waals surface area contributed by atoms with Crippen molar-refractivity contribution in [1.29, 1.82) is 0 Å². The summed E-state index contributed by atoms with van der Waals surface area (Å²) in [5, 5.41) is 13.5. The molecule has 0 saturated carbocycles. The zero-order chi connectivity index (χ0) is 17.5. The van der Waals surface area contributed by atoms with Crippen LogP contribution in [0.1, 0.15) is 29.9 Å². The molecule has 0 spiro atoms. The lowest BCUT2D eigenvalue weighted by molar-refractivity contribution is -0.149. The predicted molar refractivity (Wildman–Crippen MR) is 97.3 cm³/mol. The van der Waals surface area contributed by atoms with Gasteiger partial charge in [0.05, 0.1) is 0 Å². The number of amides is 1. The summed E-state index contributed by atoms with van der Waals surface area (Å²) in [4.78, 5) is 12.5. The van der Waals surface area contributed by atoms with Crippen LogP contribution in [-0.4, -0.2) is 36.4 Å². The molecule has 132 valence electrons. The van der Waals surface area contributed by atoms with Crippen molar-refractivity contribution in [2.24, 2.45) is 0 Å². The molecule has 1 fully saturated rings. The molecule has 1 heterocycles. The highest BCUT2D eigenvalue weighted by molar-refractivity contribution is 5.85. The lowest BCUT2D eigenvalue weighted by atomic mass is 9.90. The first kappa shape index (κ1) is 17.6. The Hall–Kier alpha value is -2.17. The molecule has 1 atom stereocenters. The van der Waals surface area contributed by atoms with Crippen LogP contribution in [0.25, 0.3) is 0 Å². The third-order valence-electron chi connectivity index (χ3n) is 4.85. The molecule has 2 N–H and O–H groups in total. The minimum Gasteiger partial charge on any atom is -0.381 e. The molecule has 0 bridgehead atoms. The maximum Gasteiger partial charge on any atom is 0.252 e. The first-order chi connectivity index (χ1) is 12.2. The average Bonchev–Trinajstić information content (AvgIpc) is 2.67. The van der Waals surface area contributed by atoms with E-state index in [0.717, 1.165) is 6.42 Å². The lowest BCUT2D eigenvalue weighted by Crippen LogP contribution is -2.51. The van der Waals surface area contributed by atoms with Gasteiger partial charge in [0.25, 0.3) is 5.91 Å². The maximum absolute atomic E-state index is 12.5. The number of carbonyl (C=O) groups is 1. The van der Waals surface area contributed by atoms with Crippen LogP contribution in [0.15, 0.2) is 60.7 Å². The number of benzene rings is 2. The Morgan fingerprint density at radius 1 is 1.04 bits per heavy atom. The second-order valence-corrected chi connectivity index (χ2v) is 6.65. The van der Waals surface area contributed by atoms with Gasteiger partial charge >= 0.3 is 0 Å². The monoisotopic (exact) mass is 339 g/mol. The van der Waals surface area contributed by atoms with Crippen molar-refractivity contribution in [3.05, 3.63) is 71.8 Å². The standard InChI is InChI=1S/C21H25NO3/c23-20(21(24)11-13-25-14-12-21)22-16-19(18-9-5-2-6-10-18)15-17-7-3-1-4-8-17/h1-10,19,24H,11-16H2,(H,22,23). The van der Waals surface area contributed by atoms with Gasteiger partial charge in [-0.25, -0.2) is 0 Å². The number of ether oxygens (including phenoxy) is 1. The maximum atomic E-state index is 12.5. The number of aliphatic hydroxyl groups is 1. The van der Waals surface area contributed by atoms with E-state index in [4.69, 9.17) is 4.74 Å². The van der Waals surface area contributed by atoms with Crippen LogP contribution in [0.4, 0.5) is 0 Å². The Kier molecular flexibility index (Phi) is 5.84. The molecule has 0 aromatic heterocycles. The number of hydrogen-bond acceptors (Lipinski definition) is 3. The van der Waals surface area contributed by atoms with Gasteiger partial charge in [-0.3, -0.25) is 4.79 Å². The zero-order valence-corrected chi connectivity index (χ0v) is 14.4. The topological polar surface area (TPSA) is 58.6 Å². The quantitative estimate of drug-likeness (QED) is 0.851. The minimum absolute atomic E-state index is 0.163. The van der Waals surface area contributed by atoms with E-state index in [9.17, 15) is 9.90 Å². The fourth-order valence-electron chi connectivity index (χ4n) is 3.25. The fraction of sp³-hybridized carbons (Fsp3) is 0.381. The Morgan fingerprint density at radius 3 is 2.28 bits per heavy atom. The fourth-order valence-corrected chi connectivity index (χ4v) is 3.25. The summed E-state index contributed by atoms with van der Waals surface area (Å²) < 4.78 is 5.25. The molecule has 0 aliphatic carbocycles. The minimum atomic E-state index is -1.30. The zero-order valence-electron chi connectivity index (χ0n) is 14.4. The second-order valence-electron chi connectivity index (χ2n) is 6.65. The Bertz CT molecular complexity index is 666. The first-order valence-corrected chi connectivity index (χ1v) is 8.85. The smallest absolute Gasteiger partial charge is 0.252 e. The van der Waals surface area contributed by atoms with Crippen LogP contribution in [-0.2, 0) is 16.0 Å². The molecule has 1 amide bonds. The van der Waals surface area contributed by atoms with E-state index >= 15 is 0 Å². The number of carbonyl (C=O) groups excluding carboxylic acids is 1. The van der Waals surface area contributed by atoms with Crippen molar-refractivity contribution in [3.8, 4) is 0 Å². The molecule has 0 radical (unpaired) electrons. The highest BCUT2D eigenvalue weighted by Gasteiger charge is 2.37. The van der Waals surface area contributed by atoms with E-state index in [2.05, 4.69) is 29.6 Å². The molecular weight excluding hydrogens is 314 g/mol. The Labute approximate surface area is 148 Å². The van der Waals surface area contributed by atoms with E-state index in [1.165, 1.54) is 11.1 Å². The molecule has 4 nitrogen and oxygen atoms in total. The van der Waals surface area contributed by atoms with Gasteiger partial charge < -0.3 is 15.2 Å². The van der Waals surface area contributed by atoms with Gasteiger partial charge in [-0.05, 0) is 17.5 Å². The lowest BCUT2D eigenvalue weighted by Gasteiger charge is -2.31. The van der Waals surface area contributed by atoms with Crippen molar-refractivity contribution in [2.45, 2.75) is 30.8 Å². The summed E-state index contributed by atoms with van der Waals surface area (Å²) in [5.74, 6) is -0.124. The van der Waals surface area contributed by atoms with E-state index in [-0.39, 0.29) is 11.8 Å². The Morgan fingerprint density at radius 2 is 1.64 bits per heavy atom. The summed E-state index contributed by atoms with van der Waals surface area (Å²) in [7, 11) is 0. The normalized spacial score (nSPS) is 17.6. The molecule has 4 heteroatoms. The van der Waals surface area contributed by atoms with Gasteiger partial charge in [-0.15, -0.1) is 0 Å². The molecule has 1 aliphatic rings. The first-order valence-electron chi connectivity index (χ1n) is 8.85. The van der Waals surface area contributed by atoms with Crippen LogP contribution < -0.4 is 5.32 Å². The van der Waals surface area contributed by atoms with Crippen molar-refractivity contribution < 1.29 is 14.6 Å². The summed E-state index contributed by atoms with van der Waals surface area (Å²) in [6, 6.07) is 20.5. The highest BCUT2D eigenvalue weighted by atomic mass is 16.5. The van der Waals surface area contributed by atoms with E-state index in [1.807, 2.05) is 36.4 Å². The highest BCUT2D eigenvalue weighted by Crippen LogP contribution is 2.23. The van der Waals surface area contributed by atoms with Crippen LogP contribution in [0, 0.1) is 0 Å². The average molecular weight is 339 g/mol. The summed E-state index contributed by atoms with van der Waals surface area (Å²) in [6.45, 7) is 1.35. The van der Waals surface area contributed by atoms with Gasteiger partial charge in [0.15, 0.2) is 0 Å². The van der Waals surface area contributed by atoms with Crippen LogP contribution >= 0.6 is 0 Å². The SMILES string of the molecule is O=C(NCC(Cc1ccccc1)c1ccccc1)C1(O)CCOCC1. The molecule has 3 rings (SSSR count). The van der Waals surface area contributed by atoms with Gasteiger partial charge in [0.2, 0.25) is 0 Å². The molecule has 2 aromatic rings. The van der Waals surface area contributed by atoms with Gasteiger partial charge in [-0.2, -0.15) is 0 Å². The summed E-state index contributed by atoms with van der Waals surface area (Å²) >= 11 is 0. The molecule has 1 saturated heterocycles. The van der Waals surface area contributed by atoms with Crippen molar-refractivity contribution in [2.75, 3.05) is 19.8 Å². The molecular formula is C21H25NO3. The molecule has 25 heavy (non-hydrogen) atoms. The van der Waals surface area contributed by atoms with Gasteiger partial charge in [0, 0.05) is 38.5 Å². The van der Waals surface area contributed by atoms with Crippen molar-refractivity contribution in [3.63, 3.8) is 0 Å². The second kappa shape index (κ2) is 8.28. The predicted octanol–water partition coefficient (Wildman–Crippen LogP) is 2.67. The number of hydrogen-bond donors (Lipinski definition) is 2. The number of nitrogens with one attached hydrogen (secondary N) is 1. The van der Waals surface area contributed by atoms with Crippen LogP contribution in [0.3, 0.4) is 0 Å². The van der Waals surface area contributed by atoms with E-state index in [1.54, 1.807) is 0 Å². The van der Waals surface area contributed by atoms with Crippen LogP contribution in [0.2, 0.25) is 0 Å².